The zero-order chi connectivity index (χ0) is 23.8. The first-order valence-electron chi connectivity index (χ1n) is 9.86. The number of fused-ring (bicyclic) bond motifs is 2. The molecule has 2 amide bonds. The molecule has 2 N–H and O–H groups in total. The lowest BCUT2D eigenvalue weighted by molar-refractivity contribution is -0.141. The number of hydrogen-bond acceptors (Lipinski definition) is 5. The molecule has 1 atom stereocenters. The van der Waals surface area contributed by atoms with E-state index in [2.05, 4.69) is 15.8 Å². The zero-order valence-corrected chi connectivity index (χ0v) is 18.3. The summed E-state index contributed by atoms with van der Waals surface area (Å²) in [5.41, 5.74) is 4.02. The van der Waals surface area contributed by atoms with Crippen LogP contribution in [0.15, 0.2) is 54.6 Å². The molecule has 0 bridgehead atoms. The molecule has 33 heavy (non-hydrogen) atoms. The number of aryl methyl sites for hydroxylation is 1. The molecule has 1 unspecified atom stereocenters. The van der Waals surface area contributed by atoms with Crippen molar-refractivity contribution in [3.05, 3.63) is 70.7 Å². The van der Waals surface area contributed by atoms with Gasteiger partial charge in [-0.2, -0.15) is 13.2 Å². The summed E-state index contributed by atoms with van der Waals surface area (Å²) in [6.07, 6.45) is -5.49. The highest BCUT2D eigenvalue weighted by Gasteiger charge is 2.33. The van der Waals surface area contributed by atoms with Gasteiger partial charge in [0.2, 0.25) is 0 Å². The van der Waals surface area contributed by atoms with Crippen molar-refractivity contribution in [2.75, 3.05) is 0 Å². The SMILES string of the molecule is Cc1c(C(=O)NNC(=O)C(C)Oc2ccc3ccccc3c2)sc2nc(C(F)(F)F)ccc12. The number of benzene rings is 2. The summed E-state index contributed by atoms with van der Waals surface area (Å²) in [5.74, 6) is -0.752. The van der Waals surface area contributed by atoms with Crippen LogP contribution < -0.4 is 15.6 Å². The fourth-order valence-electron chi connectivity index (χ4n) is 3.25. The summed E-state index contributed by atoms with van der Waals surface area (Å²) in [6, 6.07) is 15.3. The van der Waals surface area contributed by atoms with Crippen LogP contribution in [-0.2, 0) is 11.0 Å². The summed E-state index contributed by atoms with van der Waals surface area (Å²) in [5, 5.41) is 2.43. The molecule has 0 aliphatic rings. The van der Waals surface area contributed by atoms with Crippen molar-refractivity contribution < 1.29 is 27.5 Å². The van der Waals surface area contributed by atoms with Crippen LogP contribution in [0.5, 0.6) is 5.75 Å². The second-order valence-electron chi connectivity index (χ2n) is 7.32. The number of nitrogens with zero attached hydrogens (tertiary/aromatic N) is 1. The van der Waals surface area contributed by atoms with Gasteiger partial charge in [0.25, 0.3) is 11.8 Å². The maximum atomic E-state index is 12.9. The number of ether oxygens (including phenoxy) is 1. The highest BCUT2D eigenvalue weighted by atomic mass is 32.1. The number of nitrogens with one attached hydrogen (secondary N) is 2. The molecule has 0 saturated carbocycles. The third-order valence-electron chi connectivity index (χ3n) is 5.00. The Kier molecular flexibility index (Phi) is 5.94. The number of aromatic nitrogens is 1. The fourth-order valence-corrected chi connectivity index (χ4v) is 4.32. The van der Waals surface area contributed by atoms with E-state index in [1.807, 2.05) is 30.3 Å². The molecule has 10 heteroatoms. The molecule has 2 aromatic heterocycles. The van der Waals surface area contributed by atoms with E-state index in [0.29, 0.717) is 16.7 Å². The minimum absolute atomic E-state index is 0.0896. The average Bonchev–Trinajstić information content (AvgIpc) is 3.12. The lowest BCUT2D eigenvalue weighted by atomic mass is 10.1. The number of amides is 2. The number of alkyl halides is 3. The molecule has 6 nitrogen and oxygen atoms in total. The Morgan fingerprint density at radius 2 is 1.76 bits per heavy atom. The maximum Gasteiger partial charge on any atom is 0.433 e. The van der Waals surface area contributed by atoms with Crippen molar-refractivity contribution in [2.45, 2.75) is 26.1 Å². The third-order valence-corrected chi connectivity index (χ3v) is 6.20. The van der Waals surface area contributed by atoms with E-state index in [4.69, 9.17) is 4.74 Å². The molecule has 0 aliphatic carbocycles. The van der Waals surface area contributed by atoms with Gasteiger partial charge in [-0.3, -0.25) is 20.4 Å². The second-order valence-corrected chi connectivity index (χ2v) is 8.31. The number of hydrazine groups is 1. The normalized spacial score (nSPS) is 12.5. The van der Waals surface area contributed by atoms with Crippen molar-refractivity contribution in [2.24, 2.45) is 0 Å². The molecule has 4 rings (SSSR count). The van der Waals surface area contributed by atoms with Crippen LogP contribution >= 0.6 is 11.3 Å². The summed E-state index contributed by atoms with van der Waals surface area (Å²) >= 11 is 0.820. The number of thiophene rings is 1. The molecule has 0 saturated heterocycles. The highest BCUT2D eigenvalue weighted by molar-refractivity contribution is 7.20. The van der Waals surface area contributed by atoms with Gasteiger partial charge in [-0.1, -0.05) is 30.3 Å². The average molecular weight is 473 g/mol. The number of carbonyl (C=O) groups excluding carboxylic acids is 2. The van der Waals surface area contributed by atoms with Gasteiger partial charge in [0, 0.05) is 5.39 Å². The largest absolute Gasteiger partial charge is 0.481 e. The summed E-state index contributed by atoms with van der Waals surface area (Å²) in [7, 11) is 0. The van der Waals surface area contributed by atoms with Crippen LogP contribution in [0.25, 0.3) is 21.0 Å². The van der Waals surface area contributed by atoms with Gasteiger partial charge in [-0.15, -0.1) is 11.3 Å². The van der Waals surface area contributed by atoms with E-state index < -0.39 is 29.8 Å². The van der Waals surface area contributed by atoms with Crippen molar-refractivity contribution >= 4 is 44.1 Å². The van der Waals surface area contributed by atoms with E-state index in [9.17, 15) is 22.8 Å². The third kappa shape index (κ3) is 4.75. The van der Waals surface area contributed by atoms with Crippen LogP contribution in [0.1, 0.15) is 27.9 Å². The molecular formula is C23H18F3N3O3S. The number of carbonyl (C=O) groups is 2. The highest BCUT2D eigenvalue weighted by Crippen LogP contribution is 2.34. The predicted molar refractivity (Wildman–Crippen MR) is 119 cm³/mol. The van der Waals surface area contributed by atoms with Gasteiger partial charge in [0.15, 0.2) is 6.10 Å². The van der Waals surface area contributed by atoms with Crippen LogP contribution in [0, 0.1) is 6.92 Å². The number of rotatable bonds is 4. The summed E-state index contributed by atoms with van der Waals surface area (Å²) in [6.45, 7) is 3.14. The molecule has 4 aromatic rings. The maximum absolute atomic E-state index is 12.9. The molecule has 0 radical (unpaired) electrons. The predicted octanol–water partition coefficient (Wildman–Crippen LogP) is 5.01. The zero-order valence-electron chi connectivity index (χ0n) is 17.5. The molecule has 0 fully saturated rings. The van der Waals surface area contributed by atoms with E-state index in [1.165, 1.54) is 13.0 Å². The van der Waals surface area contributed by atoms with Gasteiger partial charge in [0.1, 0.15) is 16.3 Å². The molecule has 2 heterocycles. The van der Waals surface area contributed by atoms with Crippen LogP contribution in [-0.4, -0.2) is 22.9 Å². The molecular weight excluding hydrogens is 455 g/mol. The number of halogens is 3. The molecule has 0 spiro atoms. The van der Waals surface area contributed by atoms with Crippen molar-refractivity contribution in [1.82, 2.24) is 15.8 Å². The van der Waals surface area contributed by atoms with Gasteiger partial charge in [-0.25, -0.2) is 4.98 Å². The Morgan fingerprint density at radius 3 is 2.48 bits per heavy atom. The van der Waals surface area contributed by atoms with Gasteiger partial charge in [-0.05, 0) is 54.4 Å². The Bertz CT molecular complexity index is 1370. The Hall–Kier alpha value is -3.66. The van der Waals surface area contributed by atoms with Crippen molar-refractivity contribution in [1.29, 1.82) is 0 Å². The first-order valence-corrected chi connectivity index (χ1v) is 10.7. The van der Waals surface area contributed by atoms with Gasteiger partial charge >= 0.3 is 6.18 Å². The van der Waals surface area contributed by atoms with Crippen LogP contribution in [0.2, 0.25) is 0 Å². The fraction of sp³-hybridized carbons (Fsp3) is 0.174. The van der Waals surface area contributed by atoms with Crippen molar-refractivity contribution in [3.63, 3.8) is 0 Å². The summed E-state index contributed by atoms with van der Waals surface area (Å²) in [4.78, 5) is 28.8. The minimum atomic E-state index is -4.58. The topological polar surface area (TPSA) is 80.3 Å². The number of hydrogen-bond donors (Lipinski definition) is 2. The lowest BCUT2D eigenvalue weighted by Gasteiger charge is -2.15. The van der Waals surface area contributed by atoms with E-state index >= 15 is 0 Å². The Labute approximate surface area is 190 Å². The Morgan fingerprint density at radius 1 is 1.03 bits per heavy atom. The molecule has 170 valence electrons. The quantitative estimate of drug-likeness (QED) is 0.409. The smallest absolute Gasteiger partial charge is 0.433 e. The second kappa shape index (κ2) is 8.70. The molecule has 0 aliphatic heterocycles. The van der Waals surface area contributed by atoms with Gasteiger partial charge < -0.3 is 4.74 Å². The molecule has 2 aromatic carbocycles. The lowest BCUT2D eigenvalue weighted by Crippen LogP contribution is -2.47. The summed E-state index contributed by atoms with van der Waals surface area (Å²) < 4.78 is 44.4. The van der Waals surface area contributed by atoms with E-state index in [-0.39, 0.29) is 9.71 Å². The number of pyridine rings is 1. The van der Waals surface area contributed by atoms with Crippen molar-refractivity contribution in [3.8, 4) is 5.75 Å². The van der Waals surface area contributed by atoms with Crippen LogP contribution in [0.4, 0.5) is 13.2 Å². The van der Waals surface area contributed by atoms with E-state index in [1.54, 1.807) is 19.1 Å². The first kappa shape index (κ1) is 22.5. The first-order chi connectivity index (χ1) is 15.6. The van der Waals surface area contributed by atoms with Gasteiger partial charge in [0.05, 0.1) is 4.88 Å². The van der Waals surface area contributed by atoms with Crippen LogP contribution in [0.3, 0.4) is 0 Å². The minimum Gasteiger partial charge on any atom is -0.481 e. The Balaban J connectivity index is 1.41. The standard InChI is InChI=1S/C23H18F3N3O3S/c1-12-17-9-10-18(23(24,25)26)27-22(17)33-19(12)21(31)29-28-20(30)13(2)32-16-8-7-14-5-3-4-6-15(14)11-16/h3-11,13H,1-2H3,(H,28,30)(H,29,31). The monoisotopic (exact) mass is 473 g/mol. The van der Waals surface area contributed by atoms with E-state index in [0.717, 1.165) is 28.2 Å².